The molecule has 7 heteroatoms. The van der Waals surface area contributed by atoms with E-state index in [4.69, 9.17) is 4.74 Å². The molecule has 0 unspecified atom stereocenters. The molecule has 0 radical (unpaired) electrons. The van der Waals surface area contributed by atoms with Crippen LogP contribution >= 0.6 is 11.3 Å². The van der Waals surface area contributed by atoms with E-state index in [9.17, 15) is 9.59 Å². The van der Waals surface area contributed by atoms with Crippen molar-refractivity contribution in [2.45, 2.75) is 96.7 Å². The van der Waals surface area contributed by atoms with E-state index in [1.165, 1.54) is 41.7 Å². The smallest absolute Gasteiger partial charge is 0.271 e. The molecule has 39 heavy (non-hydrogen) atoms. The molecule has 1 aliphatic carbocycles. The summed E-state index contributed by atoms with van der Waals surface area (Å²) in [5.74, 6) is 0.965. The number of nitrogens with one attached hydrogen (secondary N) is 2. The van der Waals surface area contributed by atoms with Gasteiger partial charge in [-0.1, -0.05) is 70.7 Å². The molecule has 0 aliphatic heterocycles. The number of unbranched alkanes of at least 4 members (excludes halogenated alkanes) is 2. The summed E-state index contributed by atoms with van der Waals surface area (Å²) < 4.78 is 5.87. The molecule has 1 aliphatic rings. The van der Waals surface area contributed by atoms with Crippen molar-refractivity contribution in [3.63, 3.8) is 0 Å². The van der Waals surface area contributed by atoms with E-state index in [0.29, 0.717) is 23.8 Å². The number of hydrogen-bond acceptors (Lipinski definition) is 5. The van der Waals surface area contributed by atoms with Gasteiger partial charge in [0.2, 0.25) is 0 Å². The normalized spacial score (nSPS) is 17.1. The van der Waals surface area contributed by atoms with E-state index in [0.717, 1.165) is 42.9 Å². The van der Waals surface area contributed by atoms with Gasteiger partial charge in [-0.2, -0.15) is 0 Å². The van der Waals surface area contributed by atoms with Gasteiger partial charge in [0.25, 0.3) is 11.8 Å². The molecule has 3 aromatic rings. The van der Waals surface area contributed by atoms with Crippen LogP contribution in [0, 0.1) is 0 Å². The summed E-state index contributed by atoms with van der Waals surface area (Å²) in [4.78, 5) is 30.5. The monoisotopic (exact) mass is 547 g/mol. The third-order valence-electron chi connectivity index (χ3n) is 7.38. The standard InChI is InChI=1S/C32H41N3O3S/c1-4-5-6-9-23-12-14-25(15-13-23)31(36)34-27-10-7-8-11-28(27)35-32(37)29-21-39-30(33-29)20-38-26-18-16-24(17-19-26)22(2)3/h12-19,21-22,27-28H,4-11,20H2,1-3H3,(H,34,36)(H,35,37)/t27-,28-/m0/s1. The maximum Gasteiger partial charge on any atom is 0.271 e. The third-order valence-corrected chi connectivity index (χ3v) is 8.20. The van der Waals surface area contributed by atoms with Crippen molar-refractivity contribution < 1.29 is 14.3 Å². The fourth-order valence-corrected chi connectivity index (χ4v) is 5.63. The molecule has 4 rings (SSSR count). The second-order valence-corrected chi connectivity index (χ2v) is 11.7. The van der Waals surface area contributed by atoms with Crippen molar-refractivity contribution in [2.24, 2.45) is 0 Å². The highest BCUT2D eigenvalue weighted by Crippen LogP contribution is 2.22. The Hall–Kier alpha value is -3.19. The molecule has 1 saturated carbocycles. The van der Waals surface area contributed by atoms with Crippen LogP contribution < -0.4 is 15.4 Å². The van der Waals surface area contributed by atoms with Gasteiger partial charge in [-0.25, -0.2) is 4.98 Å². The second-order valence-electron chi connectivity index (χ2n) is 10.7. The molecule has 2 amide bonds. The minimum absolute atomic E-state index is 0.0872. The maximum atomic E-state index is 13.0. The number of aryl methyl sites for hydroxylation is 1. The molecule has 1 aromatic heterocycles. The zero-order valence-electron chi connectivity index (χ0n) is 23.4. The number of rotatable bonds is 12. The van der Waals surface area contributed by atoms with E-state index in [1.54, 1.807) is 5.38 Å². The van der Waals surface area contributed by atoms with Crippen LogP contribution in [-0.2, 0) is 13.0 Å². The molecular weight excluding hydrogens is 506 g/mol. The Bertz CT molecular complexity index is 1200. The third kappa shape index (κ3) is 8.40. The summed E-state index contributed by atoms with van der Waals surface area (Å²) in [6.07, 6.45) is 8.37. The van der Waals surface area contributed by atoms with Crippen LogP contribution in [0.3, 0.4) is 0 Å². The molecule has 2 atom stereocenters. The molecule has 0 bridgehead atoms. The molecule has 1 heterocycles. The zero-order valence-corrected chi connectivity index (χ0v) is 24.2. The molecular formula is C32H41N3O3S. The first-order valence-corrected chi connectivity index (χ1v) is 15.2. The summed E-state index contributed by atoms with van der Waals surface area (Å²) in [5.41, 5.74) is 3.58. The predicted octanol–water partition coefficient (Wildman–Crippen LogP) is 7.05. The van der Waals surface area contributed by atoms with Gasteiger partial charge in [-0.15, -0.1) is 11.3 Å². The summed E-state index contributed by atoms with van der Waals surface area (Å²) in [5, 5.41) is 8.83. The number of carbonyl (C=O) groups excluding carboxylic acids is 2. The Morgan fingerprint density at radius 2 is 1.62 bits per heavy atom. The SMILES string of the molecule is CCCCCc1ccc(C(=O)N[C@H]2CCCC[C@@H]2NC(=O)c2csc(COc3ccc(C(C)C)cc3)n2)cc1. The van der Waals surface area contributed by atoms with Crippen LogP contribution in [0.25, 0.3) is 0 Å². The average Bonchev–Trinajstić information content (AvgIpc) is 3.43. The van der Waals surface area contributed by atoms with Crippen LogP contribution in [0.4, 0.5) is 0 Å². The van der Waals surface area contributed by atoms with E-state index in [1.807, 2.05) is 24.3 Å². The van der Waals surface area contributed by atoms with Gasteiger partial charge in [0.05, 0.1) is 0 Å². The van der Waals surface area contributed by atoms with Crippen LogP contribution in [0.1, 0.15) is 109 Å². The first kappa shape index (κ1) is 28.8. The van der Waals surface area contributed by atoms with Crippen molar-refractivity contribution in [1.29, 1.82) is 0 Å². The fraction of sp³-hybridized carbons (Fsp3) is 0.469. The van der Waals surface area contributed by atoms with Gasteiger partial charge in [0.1, 0.15) is 23.1 Å². The highest BCUT2D eigenvalue weighted by molar-refractivity contribution is 7.09. The molecule has 2 N–H and O–H groups in total. The summed E-state index contributed by atoms with van der Waals surface area (Å²) in [6, 6.07) is 15.8. The van der Waals surface area contributed by atoms with Gasteiger partial charge < -0.3 is 15.4 Å². The van der Waals surface area contributed by atoms with Crippen molar-refractivity contribution in [1.82, 2.24) is 15.6 Å². The van der Waals surface area contributed by atoms with Gasteiger partial charge >= 0.3 is 0 Å². The Kier molecular flexibility index (Phi) is 10.5. The summed E-state index contributed by atoms with van der Waals surface area (Å²) >= 11 is 1.42. The first-order valence-electron chi connectivity index (χ1n) is 14.3. The second kappa shape index (κ2) is 14.3. The first-order chi connectivity index (χ1) is 18.9. The minimum Gasteiger partial charge on any atom is -0.486 e. The Morgan fingerprint density at radius 1 is 0.949 bits per heavy atom. The number of aromatic nitrogens is 1. The molecule has 0 saturated heterocycles. The molecule has 208 valence electrons. The van der Waals surface area contributed by atoms with Gasteiger partial charge in [0, 0.05) is 23.0 Å². The topological polar surface area (TPSA) is 80.3 Å². The molecule has 6 nitrogen and oxygen atoms in total. The average molecular weight is 548 g/mol. The van der Waals surface area contributed by atoms with Gasteiger partial charge in [-0.3, -0.25) is 9.59 Å². The predicted molar refractivity (Wildman–Crippen MR) is 158 cm³/mol. The number of ether oxygens (including phenoxy) is 1. The van der Waals surface area contributed by atoms with E-state index >= 15 is 0 Å². The largest absolute Gasteiger partial charge is 0.486 e. The maximum absolute atomic E-state index is 13.0. The fourth-order valence-electron chi connectivity index (χ4n) is 4.95. The lowest BCUT2D eigenvalue weighted by Gasteiger charge is -2.32. The quantitative estimate of drug-likeness (QED) is 0.238. The minimum atomic E-state index is -0.207. The summed E-state index contributed by atoms with van der Waals surface area (Å²) in [7, 11) is 0. The highest BCUT2D eigenvalue weighted by Gasteiger charge is 2.29. The lowest BCUT2D eigenvalue weighted by Crippen LogP contribution is -2.53. The van der Waals surface area contributed by atoms with Crippen molar-refractivity contribution >= 4 is 23.2 Å². The number of nitrogens with zero attached hydrogens (tertiary/aromatic N) is 1. The number of amides is 2. The van der Waals surface area contributed by atoms with Crippen molar-refractivity contribution in [2.75, 3.05) is 0 Å². The Morgan fingerprint density at radius 3 is 2.26 bits per heavy atom. The zero-order chi connectivity index (χ0) is 27.6. The summed E-state index contributed by atoms with van der Waals surface area (Å²) in [6.45, 7) is 6.84. The molecule has 0 spiro atoms. The van der Waals surface area contributed by atoms with E-state index in [2.05, 4.69) is 60.7 Å². The molecule has 2 aromatic carbocycles. The molecule has 1 fully saturated rings. The van der Waals surface area contributed by atoms with Crippen LogP contribution in [-0.4, -0.2) is 28.9 Å². The van der Waals surface area contributed by atoms with Crippen LogP contribution in [0.2, 0.25) is 0 Å². The van der Waals surface area contributed by atoms with E-state index in [-0.39, 0.29) is 23.9 Å². The van der Waals surface area contributed by atoms with Gasteiger partial charge in [-0.05, 0) is 67.0 Å². The van der Waals surface area contributed by atoms with E-state index < -0.39 is 0 Å². The Balaban J connectivity index is 1.29. The Labute approximate surface area is 236 Å². The lowest BCUT2D eigenvalue weighted by atomic mass is 9.90. The van der Waals surface area contributed by atoms with Crippen molar-refractivity contribution in [3.05, 3.63) is 81.3 Å². The van der Waals surface area contributed by atoms with Crippen LogP contribution in [0.5, 0.6) is 5.75 Å². The highest BCUT2D eigenvalue weighted by atomic mass is 32.1. The van der Waals surface area contributed by atoms with Crippen molar-refractivity contribution in [3.8, 4) is 5.75 Å². The number of thiazole rings is 1. The van der Waals surface area contributed by atoms with Gasteiger partial charge in [0.15, 0.2) is 0 Å². The number of carbonyl (C=O) groups is 2. The number of benzene rings is 2. The van der Waals surface area contributed by atoms with Crippen LogP contribution in [0.15, 0.2) is 53.9 Å². The lowest BCUT2D eigenvalue weighted by molar-refractivity contribution is 0.0860. The number of hydrogen-bond donors (Lipinski definition) is 2.